The Balaban J connectivity index is 2.99. The fourth-order valence-electron chi connectivity index (χ4n) is 2.27. The molecule has 1 aromatic rings. The minimum Gasteiger partial charge on any atom is -0.480 e. The summed E-state index contributed by atoms with van der Waals surface area (Å²) in [5.41, 5.74) is 11.2. The summed E-state index contributed by atoms with van der Waals surface area (Å²) in [4.78, 5) is 66.2. The van der Waals surface area contributed by atoms with E-state index in [-0.39, 0.29) is 12.2 Å². The van der Waals surface area contributed by atoms with Gasteiger partial charge in [0.15, 0.2) is 0 Å². The van der Waals surface area contributed by atoms with Crippen molar-refractivity contribution >= 4 is 42.2 Å². The number of nitrogens with zero attached hydrogens (tertiary/aromatic N) is 1. The van der Waals surface area contributed by atoms with E-state index in [1.165, 1.54) is 19.4 Å². The Morgan fingerprint density at radius 1 is 1.10 bits per heavy atom. The average molecular weight is 443 g/mol. The first-order chi connectivity index (χ1) is 14.0. The van der Waals surface area contributed by atoms with Gasteiger partial charge in [-0.05, 0) is 6.92 Å². The van der Waals surface area contributed by atoms with Gasteiger partial charge in [-0.3, -0.25) is 19.2 Å². The number of aromatic nitrogens is 2. The Hall–Kier alpha value is -3.13. The third kappa shape index (κ3) is 8.08. The van der Waals surface area contributed by atoms with Crippen molar-refractivity contribution in [2.45, 2.75) is 43.9 Å². The van der Waals surface area contributed by atoms with Gasteiger partial charge in [0.1, 0.15) is 18.1 Å². The molecule has 4 unspecified atom stereocenters. The fourth-order valence-corrected chi connectivity index (χ4v) is 2.52. The van der Waals surface area contributed by atoms with Gasteiger partial charge in [-0.1, -0.05) is 0 Å². The van der Waals surface area contributed by atoms with Gasteiger partial charge in [0.25, 0.3) is 0 Å². The molecule has 0 aliphatic rings. The maximum Gasteiger partial charge on any atom is 0.327 e. The maximum absolute atomic E-state index is 12.7. The first-order valence-corrected chi connectivity index (χ1v) is 9.44. The molecule has 0 fully saturated rings. The van der Waals surface area contributed by atoms with Crippen molar-refractivity contribution in [3.05, 3.63) is 18.2 Å². The highest BCUT2D eigenvalue weighted by molar-refractivity contribution is 7.80. The number of aromatic amines is 1. The number of carbonyl (C=O) groups excluding carboxylic acids is 4. The highest BCUT2D eigenvalue weighted by Gasteiger charge is 2.30. The van der Waals surface area contributed by atoms with Crippen molar-refractivity contribution in [3.8, 4) is 0 Å². The number of nitrogens with two attached hydrogens (primary N) is 2. The van der Waals surface area contributed by atoms with Gasteiger partial charge >= 0.3 is 5.97 Å². The topological polar surface area (TPSA) is 222 Å². The van der Waals surface area contributed by atoms with Crippen LogP contribution in [0.2, 0.25) is 0 Å². The van der Waals surface area contributed by atoms with E-state index in [0.29, 0.717) is 5.69 Å². The maximum atomic E-state index is 12.7. The molecule has 0 aromatic carbocycles. The second-order valence-corrected chi connectivity index (χ2v) is 6.81. The summed E-state index contributed by atoms with van der Waals surface area (Å²) in [7, 11) is 0. The van der Waals surface area contributed by atoms with Crippen LogP contribution in [0.5, 0.6) is 0 Å². The summed E-state index contributed by atoms with van der Waals surface area (Å²) in [5.74, 6) is -4.83. The van der Waals surface area contributed by atoms with Crippen molar-refractivity contribution in [3.63, 3.8) is 0 Å². The lowest BCUT2D eigenvalue weighted by Gasteiger charge is -2.24. The fraction of sp³-hybridized carbons (Fsp3) is 0.500. The van der Waals surface area contributed by atoms with E-state index in [0.717, 1.165) is 0 Å². The minimum atomic E-state index is -1.46. The number of thiol groups is 1. The number of hydrogen-bond acceptors (Lipinski definition) is 8. The lowest BCUT2D eigenvalue weighted by atomic mass is 10.1. The lowest BCUT2D eigenvalue weighted by Crippen LogP contribution is -2.58. The van der Waals surface area contributed by atoms with E-state index >= 15 is 0 Å². The van der Waals surface area contributed by atoms with Gasteiger partial charge in [-0.15, -0.1) is 0 Å². The smallest absolute Gasteiger partial charge is 0.327 e. The molecule has 0 saturated carbocycles. The van der Waals surface area contributed by atoms with Crippen molar-refractivity contribution in [2.75, 3.05) is 5.75 Å². The van der Waals surface area contributed by atoms with E-state index in [1.807, 2.05) is 0 Å². The number of aliphatic carboxylic acids is 1. The molecular weight excluding hydrogens is 418 g/mol. The van der Waals surface area contributed by atoms with Gasteiger partial charge in [-0.25, -0.2) is 9.78 Å². The van der Waals surface area contributed by atoms with Crippen LogP contribution < -0.4 is 27.4 Å². The molecule has 1 heterocycles. The average Bonchev–Trinajstić information content (AvgIpc) is 3.16. The highest BCUT2D eigenvalue weighted by Crippen LogP contribution is 2.02. The molecule has 9 N–H and O–H groups in total. The second kappa shape index (κ2) is 11.8. The van der Waals surface area contributed by atoms with Crippen LogP contribution in [-0.4, -0.2) is 74.6 Å². The summed E-state index contributed by atoms with van der Waals surface area (Å²) in [6.45, 7) is 1.42. The van der Waals surface area contributed by atoms with Crippen molar-refractivity contribution in [2.24, 2.45) is 11.5 Å². The molecule has 0 spiro atoms. The zero-order valence-corrected chi connectivity index (χ0v) is 17.0. The van der Waals surface area contributed by atoms with Crippen LogP contribution in [0.4, 0.5) is 0 Å². The SMILES string of the molecule is CC(N)C(=O)NC(Cc1cnc[nH]1)C(=O)NC(CC(N)=O)C(=O)NC(CS)C(=O)O. The van der Waals surface area contributed by atoms with Crippen molar-refractivity contribution < 1.29 is 29.1 Å². The van der Waals surface area contributed by atoms with Gasteiger partial charge in [0.2, 0.25) is 23.6 Å². The first-order valence-electron chi connectivity index (χ1n) is 8.81. The van der Waals surface area contributed by atoms with E-state index in [1.54, 1.807) is 0 Å². The highest BCUT2D eigenvalue weighted by atomic mass is 32.1. The summed E-state index contributed by atoms with van der Waals surface area (Å²) in [6.07, 6.45) is 2.22. The van der Waals surface area contributed by atoms with E-state index in [4.69, 9.17) is 16.6 Å². The third-order valence-electron chi connectivity index (χ3n) is 3.86. The van der Waals surface area contributed by atoms with Crippen molar-refractivity contribution in [1.29, 1.82) is 0 Å². The number of amides is 4. The Bertz CT molecular complexity index is 770. The largest absolute Gasteiger partial charge is 0.480 e. The summed E-state index contributed by atoms with van der Waals surface area (Å²) < 4.78 is 0. The van der Waals surface area contributed by atoms with Gasteiger partial charge < -0.3 is 37.5 Å². The Kier molecular flexibility index (Phi) is 9.77. The molecule has 0 saturated heterocycles. The molecule has 30 heavy (non-hydrogen) atoms. The predicted octanol–water partition coefficient (Wildman–Crippen LogP) is -3.36. The van der Waals surface area contributed by atoms with E-state index in [9.17, 15) is 24.0 Å². The minimum absolute atomic E-state index is 0.0103. The van der Waals surface area contributed by atoms with Crippen molar-refractivity contribution in [1.82, 2.24) is 25.9 Å². The standard InChI is InChI=1S/C16H25N7O6S/c1-7(17)13(25)21-9(2-8-4-19-6-20-8)14(26)22-10(3-12(18)24)15(27)23-11(5-30)16(28)29/h4,6-7,9-11,30H,2-3,5,17H2,1H3,(H2,18,24)(H,19,20)(H,21,25)(H,22,26)(H,23,27)(H,28,29). The van der Waals surface area contributed by atoms with Crippen LogP contribution >= 0.6 is 12.6 Å². The summed E-state index contributed by atoms with van der Waals surface area (Å²) in [5, 5.41) is 16.0. The molecule has 0 aliphatic heterocycles. The predicted molar refractivity (Wildman–Crippen MR) is 107 cm³/mol. The second-order valence-electron chi connectivity index (χ2n) is 6.44. The molecule has 1 aromatic heterocycles. The number of carboxylic acids is 1. The summed E-state index contributed by atoms with van der Waals surface area (Å²) in [6, 6.07) is -4.87. The van der Waals surface area contributed by atoms with Gasteiger partial charge in [0, 0.05) is 24.1 Å². The number of imidazole rings is 1. The molecule has 13 nitrogen and oxygen atoms in total. The molecular formula is C16H25N7O6S. The van der Waals surface area contributed by atoms with E-state index in [2.05, 4.69) is 38.5 Å². The van der Waals surface area contributed by atoms with Gasteiger partial charge in [0.05, 0.1) is 18.8 Å². The zero-order valence-electron chi connectivity index (χ0n) is 16.1. The number of carboxylic acid groups (broad SMARTS) is 1. The zero-order chi connectivity index (χ0) is 22.8. The number of rotatable bonds is 12. The molecule has 4 amide bonds. The molecule has 4 atom stereocenters. The van der Waals surface area contributed by atoms with Crippen LogP contribution in [0.3, 0.4) is 0 Å². The van der Waals surface area contributed by atoms with E-state index < -0.39 is 60.2 Å². The number of hydrogen-bond donors (Lipinski definition) is 8. The van der Waals surface area contributed by atoms with Crippen LogP contribution in [0, 0.1) is 0 Å². The molecule has 0 bridgehead atoms. The number of nitrogens with one attached hydrogen (secondary N) is 4. The Morgan fingerprint density at radius 3 is 2.13 bits per heavy atom. The molecule has 1 rings (SSSR count). The van der Waals surface area contributed by atoms with Gasteiger partial charge in [-0.2, -0.15) is 12.6 Å². The monoisotopic (exact) mass is 443 g/mol. The summed E-state index contributed by atoms with van der Waals surface area (Å²) >= 11 is 3.83. The Labute approximate surface area is 177 Å². The molecule has 14 heteroatoms. The van der Waals surface area contributed by atoms with Crippen LogP contribution in [0.1, 0.15) is 19.0 Å². The number of carbonyl (C=O) groups is 5. The Morgan fingerprint density at radius 2 is 1.67 bits per heavy atom. The van der Waals surface area contributed by atoms with Crippen LogP contribution in [-0.2, 0) is 30.4 Å². The number of H-pyrrole nitrogens is 1. The lowest BCUT2D eigenvalue weighted by molar-refractivity contribution is -0.141. The molecule has 166 valence electrons. The molecule has 0 aliphatic carbocycles. The van der Waals surface area contributed by atoms with Crippen LogP contribution in [0.25, 0.3) is 0 Å². The molecule has 0 radical (unpaired) electrons. The third-order valence-corrected chi connectivity index (χ3v) is 4.23. The van der Waals surface area contributed by atoms with Crippen LogP contribution in [0.15, 0.2) is 12.5 Å². The number of primary amides is 1. The quantitative estimate of drug-likeness (QED) is 0.152. The first kappa shape index (κ1) is 24.9. The normalized spacial score (nSPS) is 14.6.